The van der Waals surface area contributed by atoms with Gasteiger partial charge in [0, 0.05) is 0 Å². The van der Waals surface area contributed by atoms with E-state index < -0.39 is 18.1 Å². The molecule has 2 atom stereocenters. The van der Waals surface area contributed by atoms with Crippen LogP contribution < -0.4 is 11.5 Å². The summed E-state index contributed by atoms with van der Waals surface area (Å²) < 4.78 is 0. The Kier molecular flexibility index (Phi) is 2.44. The number of hydrogen-bond donors (Lipinski definition) is 3. The van der Waals surface area contributed by atoms with E-state index in [0.29, 0.717) is 0 Å². The van der Waals surface area contributed by atoms with Crippen LogP contribution in [0.4, 0.5) is 0 Å². The van der Waals surface area contributed by atoms with Gasteiger partial charge in [-0.1, -0.05) is 0 Å². The highest BCUT2D eigenvalue weighted by Gasteiger charge is 2.13. The molecule has 4 nitrogen and oxygen atoms in total. The number of nitrogens with two attached hydrogens (primary N) is 2. The molecule has 48 valence electrons. The summed E-state index contributed by atoms with van der Waals surface area (Å²) in [5.41, 5.74) is 9.75. The smallest absolute Gasteiger partial charge is 0.237 e. The second-order valence-corrected chi connectivity index (χ2v) is 1.67. The van der Waals surface area contributed by atoms with Gasteiger partial charge in [-0.25, -0.2) is 0 Å². The molecule has 0 radical (unpaired) electrons. The molecule has 0 saturated carbocycles. The Morgan fingerprint density at radius 2 is 2.12 bits per heavy atom. The van der Waals surface area contributed by atoms with Crippen molar-refractivity contribution in [3.63, 3.8) is 0 Å². The average molecular weight is 118 g/mol. The van der Waals surface area contributed by atoms with Crippen molar-refractivity contribution in [2.24, 2.45) is 11.5 Å². The van der Waals surface area contributed by atoms with Gasteiger partial charge in [0.25, 0.3) is 0 Å². The Bertz CT molecular complexity index is 92.0. The zero-order valence-corrected chi connectivity index (χ0v) is 4.66. The standard InChI is InChI=1S/C4H10N2O2/c1-2(7)3(5)4(6)8/h2-3,7H,5H2,1H3,(H2,6,8)/t2?,3-/m0/s1. The number of primary amides is 1. The van der Waals surface area contributed by atoms with Gasteiger partial charge in [-0.3, -0.25) is 4.79 Å². The Hall–Kier alpha value is -0.610. The first-order chi connectivity index (χ1) is 3.55. The first kappa shape index (κ1) is 7.39. The van der Waals surface area contributed by atoms with Gasteiger partial charge in [-0.2, -0.15) is 0 Å². The quantitative estimate of drug-likeness (QED) is 0.399. The molecule has 0 aliphatic rings. The Labute approximate surface area is 47.5 Å². The van der Waals surface area contributed by atoms with Gasteiger partial charge in [0.15, 0.2) is 0 Å². The lowest BCUT2D eigenvalue weighted by Crippen LogP contribution is -2.44. The molecule has 0 rings (SSSR count). The van der Waals surface area contributed by atoms with Gasteiger partial charge >= 0.3 is 0 Å². The number of amides is 1. The number of aliphatic hydroxyl groups is 1. The average Bonchev–Trinajstić information content (AvgIpc) is 1.64. The molecule has 4 heteroatoms. The van der Waals surface area contributed by atoms with Crippen LogP contribution in [0.1, 0.15) is 6.92 Å². The maximum atomic E-state index is 10.1. The van der Waals surface area contributed by atoms with E-state index >= 15 is 0 Å². The molecule has 1 unspecified atom stereocenters. The lowest BCUT2D eigenvalue weighted by Gasteiger charge is -2.08. The second kappa shape index (κ2) is 2.64. The summed E-state index contributed by atoms with van der Waals surface area (Å²) in [5, 5.41) is 8.57. The monoisotopic (exact) mass is 118 g/mol. The van der Waals surface area contributed by atoms with Crippen molar-refractivity contribution >= 4 is 5.91 Å². The summed E-state index contributed by atoms with van der Waals surface area (Å²) in [7, 11) is 0. The topological polar surface area (TPSA) is 89.3 Å². The van der Waals surface area contributed by atoms with E-state index in [1.807, 2.05) is 0 Å². The van der Waals surface area contributed by atoms with Crippen LogP contribution in [-0.4, -0.2) is 23.2 Å². The first-order valence-electron chi connectivity index (χ1n) is 2.28. The van der Waals surface area contributed by atoms with Crippen molar-refractivity contribution in [1.82, 2.24) is 0 Å². The Balaban J connectivity index is 3.64. The lowest BCUT2D eigenvalue weighted by molar-refractivity contribution is -0.121. The highest BCUT2D eigenvalue weighted by molar-refractivity contribution is 5.80. The largest absolute Gasteiger partial charge is 0.391 e. The molecule has 0 aliphatic carbocycles. The fourth-order valence-electron chi connectivity index (χ4n) is 0.238. The summed E-state index contributed by atoms with van der Waals surface area (Å²) in [6.45, 7) is 1.41. The summed E-state index contributed by atoms with van der Waals surface area (Å²) in [5.74, 6) is -0.681. The van der Waals surface area contributed by atoms with E-state index in [9.17, 15) is 4.79 Å². The van der Waals surface area contributed by atoms with Crippen molar-refractivity contribution < 1.29 is 9.90 Å². The van der Waals surface area contributed by atoms with E-state index in [4.69, 9.17) is 16.6 Å². The molecular formula is C4H10N2O2. The third kappa shape index (κ3) is 1.90. The highest BCUT2D eigenvalue weighted by atomic mass is 16.3. The van der Waals surface area contributed by atoms with Gasteiger partial charge < -0.3 is 16.6 Å². The minimum absolute atomic E-state index is 0.681. The zero-order valence-electron chi connectivity index (χ0n) is 4.66. The maximum Gasteiger partial charge on any atom is 0.237 e. The minimum atomic E-state index is -0.935. The molecule has 0 aliphatic heterocycles. The van der Waals surface area contributed by atoms with Crippen molar-refractivity contribution in [2.75, 3.05) is 0 Å². The molecule has 0 aromatic carbocycles. The van der Waals surface area contributed by atoms with Crippen LogP contribution in [0.15, 0.2) is 0 Å². The van der Waals surface area contributed by atoms with Gasteiger partial charge in [-0.05, 0) is 6.92 Å². The number of hydrogen-bond acceptors (Lipinski definition) is 3. The van der Waals surface area contributed by atoms with Crippen LogP contribution in [0.25, 0.3) is 0 Å². The molecule has 0 aromatic heterocycles. The fraction of sp³-hybridized carbons (Fsp3) is 0.750. The molecule has 0 aromatic rings. The zero-order chi connectivity index (χ0) is 6.73. The minimum Gasteiger partial charge on any atom is -0.391 e. The van der Waals surface area contributed by atoms with E-state index in [2.05, 4.69) is 0 Å². The second-order valence-electron chi connectivity index (χ2n) is 1.67. The van der Waals surface area contributed by atoms with Crippen LogP contribution in [0.5, 0.6) is 0 Å². The number of rotatable bonds is 2. The summed E-state index contributed by atoms with van der Waals surface area (Å²) in [4.78, 5) is 10.1. The molecular weight excluding hydrogens is 108 g/mol. The van der Waals surface area contributed by atoms with Gasteiger partial charge in [-0.15, -0.1) is 0 Å². The molecule has 0 saturated heterocycles. The van der Waals surface area contributed by atoms with Crippen LogP contribution in [0.3, 0.4) is 0 Å². The highest BCUT2D eigenvalue weighted by Crippen LogP contribution is 1.84. The number of aliphatic hydroxyl groups excluding tert-OH is 1. The predicted molar refractivity (Wildman–Crippen MR) is 28.9 cm³/mol. The summed E-state index contributed by atoms with van der Waals surface area (Å²) >= 11 is 0. The van der Waals surface area contributed by atoms with E-state index in [-0.39, 0.29) is 0 Å². The lowest BCUT2D eigenvalue weighted by atomic mass is 10.2. The van der Waals surface area contributed by atoms with Crippen LogP contribution in [0, 0.1) is 0 Å². The van der Waals surface area contributed by atoms with Crippen LogP contribution in [0.2, 0.25) is 0 Å². The third-order valence-electron chi connectivity index (χ3n) is 0.848. The van der Waals surface area contributed by atoms with Crippen molar-refractivity contribution in [3.8, 4) is 0 Å². The van der Waals surface area contributed by atoms with Crippen molar-refractivity contribution in [1.29, 1.82) is 0 Å². The number of carbonyl (C=O) groups is 1. The van der Waals surface area contributed by atoms with Gasteiger partial charge in [0.05, 0.1) is 6.10 Å². The molecule has 0 bridgehead atoms. The van der Waals surface area contributed by atoms with Crippen molar-refractivity contribution in [3.05, 3.63) is 0 Å². The molecule has 0 heterocycles. The molecule has 1 amide bonds. The Morgan fingerprint density at radius 1 is 1.75 bits per heavy atom. The molecule has 0 fully saturated rings. The van der Waals surface area contributed by atoms with Gasteiger partial charge in [0.2, 0.25) is 5.91 Å². The molecule has 0 spiro atoms. The summed E-state index contributed by atoms with van der Waals surface area (Å²) in [6, 6.07) is -0.935. The van der Waals surface area contributed by atoms with Gasteiger partial charge in [0.1, 0.15) is 6.04 Å². The molecule has 5 N–H and O–H groups in total. The Morgan fingerprint density at radius 3 is 2.12 bits per heavy atom. The normalized spacial score (nSPS) is 17.4. The summed E-state index contributed by atoms with van der Waals surface area (Å²) in [6.07, 6.45) is -0.854. The predicted octanol–water partition coefficient (Wildman–Crippen LogP) is -1.82. The van der Waals surface area contributed by atoms with Crippen LogP contribution in [-0.2, 0) is 4.79 Å². The van der Waals surface area contributed by atoms with E-state index in [1.54, 1.807) is 0 Å². The van der Waals surface area contributed by atoms with Crippen LogP contribution >= 0.6 is 0 Å². The SMILES string of the molecule is CC(O)[C@H](N)C(N)=O. The first-order valence-corrected chi connectivity index (χ1v) is 2.28. The van der Waals surface area contributed by atoms with Crippen molar-refractivity contribution in [2.45, 2.75) is 19.1 Å². The maximum absolute atomic E-state index is 10.1. The molecule has 8 heavy (non-hydrogen) atoms. The number of carbonyl (C=O) groups excluding carboxylic acids is 1. The van der Waals surface area contributed by atoms with E-state index in [0.717, 1.165) is 0 Å². The van der Waals surface area contributed by atoms with E-state index in [1.165, 1.54) is 6.92 Å². The third-order valence-corrected chi connectivity index (χ3v) is 0.848. The fourth-order valence-corrected chi connectivity index (χ4v) is 0.238.